The van der Waals surface area contributed by atoms with E-state index in [4.69, 9.17) is 0 Å². The van der Waals surface area contributed by atoms with Crippen molar-refractivity contribution in [3.05, 3.63) is 34.1 Å². The minimum atomic E-state index is -0.317. The van der Waals surface area contributed by atoms with Gasteiger partial charge in [0.2, 0.25) is 0 Å². The number of rotatable bonds is 6. The van der Waals surface area contributed by atoms with Crippen LogP contribution in [0.5, 0.6) is 0 Å². The third-order valence-electron chi connectivity index (χ3n) is 2.82. The molecule has 1 fully saturated rings. The van der Waals surface area contributed by atoms with E-state index in [1.54, 1.807) is 12.1 Å². The summed E-state index contributed by atoms with van der Waals surface area (Å²) in [4.78, 5) is 11.6. The Labute approximate surface area is 109 Å². The second-order valence-corrected chi connectivity index (χ2v) is 5.35. The summed E-state index contributed by atoms with van der Waals surface area (Å²) in [6, 6.07) is 5.43. The van der Waals surface area contributed by atoms with Gasteiger partial charge in [-0.2, -0.15) is 0 Å². The zero-order chi connectivity index (χ0) is 12.3. The summed E-state index contributed by atoms with van der Waals surface area (Å²) < 4.78 is 14.2. The molecule has 0 atom stereocenters. The van der Waals surface area contributed by atoms with Crippen LogP contribution in [0.25, 0.3) is 0 Å². The molecule has 1 N–H and O–H groups in total. The van der Waals surface area contributed by atoms with Crippen molar-refractivity contribution in [3.63, 3.8) is 0 Å². The van der Waals surface area contributed by atoms with Crippen LogP contribution in [0.2, 0.25) is 0 Å². The summed E-state index contributed by atoms with van der Waals surface area (Å²) in [6.07, 6.45) is 3.10. The van der Waals surface area contributed by atoms with Crippen molar-refractivity contribution >= 4 is 21.7 Å². The minimum absolute atomic E-state index is 0.0828. The number of ketones is 1. The fourth-order valence-electron chi connectivity index (χ4n) is 1.67. The Hall–Kier alpha value is -0.740. The van der Waals surface area contributed by atoms with E-state index >= 15 is 0 Å². The van der Waals surface area contributed by atoms with E-state index < -0.39 is 0 Å². The Morgan fingerprint density at radius 1 is 1.47 bits per heavy atom. The molecule has 0 bridgehead atoms. The molecule has 0 radical (unpaired) electrons. The zero-order valence-corrected chi connectivity index (χ0v) is 11.1. The Balaban J connectivity index is 1.79. The fourth-order valence-corrected chi connectivity index (χ4v) is 2.00. The molecule has 2 nitrogen and oxygen atoms in total. The third-order valence-corrected chi connectivity index (χ3v) is 3.31. The van der Waals surface area contributed by atoms with Gasteiger partial charge < -0.3 is 5.32 Å². The Morgan fingerprint density at radius 2 is 2.24 bits per heavy atom. The van der Waals surface area contributed by atoms with Crippen LogP contribution in [-0.4, -0.2) is 18.4 Å². The van der Waals surface area contributed by atoms with Crippen LogP contribution in [0, 0.1) is 5.82 Å². The van der Waals surface area contributed by atoms with E-state index in [2.05, 4.69) is 21.2 Å². The molecule has 0 spiro atoms. The molecular weight excluding hydrogens is 285 g/mol. The van der Waals surface area contributed by atoms with Gasteiger partial charge in [0.25, 0.3) is 0 Å². The number of carbonyl (C=O) groups excluding carboxylic acids is 1. The lowest BCUT2D eigenvalue weighted by Crippen LogP contribution is -2.21. The first-order valence-corrected chi connectivity index (χ1v) is 6.63. The molecule has 1 aromatic rings. The van der Waals surface area contributed by atoms with Crippen molar-refractivity contribution in [2.24, 2.45) is 0 Å². The van der Waals surface area contributed by atoms with Crippen LogP contribution < -0.4 is 5.32 Å². The van der Waals surface area contributed by atoms with Gasteiger partial charge in [0, 0.05) is 29.9 Å². The molecule has 1 aliphatic carbocycles. The lowest BCUT2D eigenvalue weighted by Gasteiger charge is -2.04. The first-order chi connectivity index (χ1) is 8.15. The maximum atomic E-state index is 13.5. The second-order valence-electron chi connectivity index (χ2n) is 4.43. The Kier molecular flexibility index (Phi) is 4.29. The normalized spacial score (nSPS) is 14.9. The highest BCUT2D eigenvalue weighted by Gasteiger charge is 2.20. The monoisotopic (exact) mass is 299 g/mol. The van der Waals surface area contributed by atoms with Gasteiger partial charge in [0.15, 0.2) is 0 Å². The maximum Gasteiger partial charge on any atom is 0.138 e. The van der Waals surface area contributed by atoms with Gasteiger partial charge in [-0.1, -0.05) is 22.0 Å². The smallest absolute Gasteiger partial charge is 0.138 e. The van der Waals surface area contributed by atoms with Crippen molar-refractivity contribution in [3.8, 4) is 0 Å². The van der Waals surface area contributed by atoms with Crippen LogP contribution in [0.1, 0.15) is 24.8 Å². The van der Waals surface area contributed by atoms with Crippen molar-refractivity contribution in [2.45, 2.75) is 31.7 Å². The fraction of sp³-hybridized carbons (Fsp3) is 0.462. The standard InChI is InChI=1S/C13H15BrFNO/c14-10-2-1-9(13(15)8-10)7-12(17)5-6-16-11-3-4-11/h1-2,8,11,16H,3-7H2. The van der Waals surface area contributed by atoms with Crippen LogP contribution in [-0.2, 0) is 11.2 Å². The SMILES string of the molecule is O=C(CCNC1CC1)Cc1ccc(Br)cc1F. The lowest BCUT2D eigenvalue weighted by molar-refractivity contribution is -0.118. The first kappa shape index (κ1) is 12.7. The number of hydrogen-bond acceptors (Lipinski definition) is 2. The molecule has 0 aliphatic heterocycles. The van der Waals surface area contributed by atoms with Gasteiger partial charge in [0.05, 0.1) is 0 Å². The van der Waals surface area contributed by atoms with Crippen LogP contribution >= 0.6 is 15.9 Å². The van der Waals surface area contributed by atoms with E-state index in [0.29, 0.717) is 29.0 Å². The number of nitrogens with one attached hydrogen (secondary N) is 1. The molecular formula is C13H15BrFNO. The maximum absolute atomic E-state index is 13.5. The molecule has 92 valence electrons. The molecule has 1 aliphatic rings. The van der Waals surface area contributed by atoms with Crippen LogP contribution in [0.3, 0.4) is 0 Å². The molecule has 0 heterocycles. The molecule has 17 heavy (non-hydrogen) atoms. The van der Waals surface area contributed by atoms with Gasteiger partial charge in [-0.3, -0.25) is 4.79 Å². The van der Waals surface area contributed by atoms with Crippen molar-refractivity contribution < 1.29 is 9.18 Å². The summed E-state index contributed by atoms with van der Waals surface area (Å²) in [6.45, 7) is 0.710. The molecule has 2 rings (SSSR count). The summed E-state index contributed by atoms with van der Waals surface area (Å²) in [5.74, 6) is -0.234. The van der Waals surface area contributed by atoms with E-state index in [9.17, 15) is 9.18 Å². The van der Waals surface area contributed by atoms with E-state index in [0.717, 1.165) is 0 Å². The quantitative estimate of drug-likeness (QED) is 0.875. The van der Waals surface area contributed by atoms with E-state index in [1.807, 2.05) is 0 Å². The van der Waals surface area contributed by atoms with Gasteiger partial charge in [-0.05, 0) is 30.5 Å². The second kappa shape index (κ2) is 5.74. The zero-order valence-electron chi connectivity index (χ0n) is 9.51. The Bertz CT molecular complexity index is 418. The van der Waals surface area contributed by atoms with Gasteiger partial charge in [-0.25, -0.2) is 4.39 Å². The topological polar surface area (TPSA) is 29.1 Å². The summed E-state index contributed by atoms with van der Waals surface area (Å²) >= 11 is 3.19. The number of Topliss-reactive ketones (excluding diaryl/α,β-unsaturated/α-hetero) is 1. The molecule has 1 saturated carbocycles. The average molecular weight is 300 g/mol. The summed E-state index contributed by atoms with van der Waals surface area (Å²) in [5.41, 5.74) is 0.477. The lowest BCUT2D eigenvalue weighted by atomic mass is 10.1. The van der Waals surface area contributed by atoms with Crippen molar-refractivity contribution in [1.82, 2.24) is 5.32 Å². The van der Waals surface area contributed by atoms with Gasteiger partial charge >= 0.3 is 0 Å². The minimum Gasteiger partial charge on any atom is -0.314 e. The number of benzene rings is 1. The highest BCUT2D eigenvalue weighted by molar-refractivity contribution is 9.10. The molecule has 0 aromatic heterocycles. The van der Waals surface area contributed by atoms with Gasteiger partial charge in [0.1, 0.15) is 11.6 Å². The highest BCUT2D eigenvalue weighted by Crippen LogP contribution is 2.18. The highest BCUT2D eigenvalue weighted by atomic mass is 79.9. The predicted octanol–water partition coefficient (Wildman–Crippen LogP) is 2.84. The summed E-state index contributed by atoms with van der Waals surface area (Å²) in [5, 5.41) is 3.27. The largest absolute Gasteiger partial charge is 0.314 e. The summed E-state index contributed by atoms with van der Waals surface area (Å²) in [7, 11) is 0. The third kappa shape index (κ3) is 4.21. The van der Waals surface area contributed by atoms with E-state index in [1.165, 1.54) is 18.9 Å². The average Bonchev–Trinajstić information content (AvgIpc) is 3.06. The van der Waals surface area contributed by atoms with Crippen LogP contribution in [0.15, 0.2) is 22.7 Å². The Morgan fingerprint density at radius 3 is 2.88 bits per heavy atom. The van der Waals surface area contributed by atoms with Gasteiger partial charge in [-0.15, -0.1) is 0 Å². The van der Waals surface area contributed by atoms with Crippen molar-refractivity contribution in [2.75, 3.05) is 6.54 Å². The number of halogens is 2. The molecule has 0 unspecified atom stereocenters. The first-order valence-electron chi connectivity index (χ1n) is 5.84. The molecule has 0 amide bonds. The molecule has 1 aromatic carbocycles. The molecule has 0 saturated heterocycles. The van der Waals surface area contributed by atoms with Crippen molar-refractivity contribution in [1.29, 1.82) is 0 Å². The van der Waals surface area contributed by atoms with E-state index in [-0.39, 0.29) is 18.0 Å². The number of carbonyl (C=O) groups is 1. The molecule has 4 heteroatoms. The number of hydrogen-bond donors (Lipinski definition) is 1. The van der Waals surface area contributed by atoms with Crippen LogP contribution in [0.4, 0.5) is 4.39 Å². The predicted molar refractivity (Wildman–Crippen MR) is 68.5 cm³/mol.